The second-order valence-corrected chi connectivity index (χ2v) is 13.7. The van der Waals surface area contributed by atoms with E-state index in [9.17, 15) is 14.0 Å². The summed E-state index contributed by atoms with van der Waals surface area (Å²) in [6.45, 7) is 15.6. The molecule has 2 aromatic carbocycles. The summed E-state index contributed by atoms with van der Waals surface area (Å²) in [7, 11) is 0. The van der Waals surface area contributed by atoms with Gasteiger partial charge in [0.15, 0.2) is 0 Å². The van der Waals surface area contributed by atoms with Gasteiger partial charge in [-0.1, -0.05) is 77.3 Å². The standard InChI is InChI=1S/C34H47FN2O.C3H7N3O.H4N2/c1-8-23(3)12-17-30(26-13-10-24(4)11-14-26)37-32(38)31(27-15-16-29(35)25(5)22-27)36-34(37)20-18-28(19-21-34)33(6,7)9-2;4-3(5)1-6-2-7;1-2/h10-11,13-16,22-23,28,30H,8-9,12,17-21H2,1-7H3;2H,1H2,(H3,4,5)(H,6,7);1-2H2. The minimum Gasteiger partial charge on any atom is -0.386 e. The lowest BCUT2D eigenvalue weighted by Crippen LogP contribution is -2.51. The lowest BCUT2D eigenvalue weighted by molar-refractivity contribution is -0.134. The summed E-state index contributed by atoms with van der Waals surface area (Å²) >= 11 is 0. The normalized spacial score (nSPS) is 20.3. The summed E-state index contributed by atoms with van der Waals surface area (Å²) in [6, 6.07) is 13.7. The summed E-state index contributed by atoms with van der Waals surface area (Å²) in [5.41, 5.74) is 8.77. The molecule has 1 aliphatic carbocycles. The highest BCUT2D eigenvalue weighted by Crippen LogP contribution is 2.50. The van der Waals surface area contributed by atoms with Crippen LogP contribution in [0, 0.1) is 42.3 Å². The number of amides is 2. The number of hydrazine groups is 1. The third kappa shape index (κ3) is 10.2. The Bertz CT molecular complexity index is 1350. The number of rotatable bonds is 12. The van der Waals surface area contributed by atoms with E-state index in [0.717, 1.165) is 56.9 Å². The SMILES string of the molecule is CCC(C)CCC(c1ccc(C)cc1)N1C(=O)C(c2ccc(F)c(C)c2)=NC12CCC(C(C)(C)CC)CC2.N=C(N)CNC=O.NN. The Morgan fingerprint density at radius 3 is 2.23 bits per heavy atom. The minimum atomic E-state index is -0.542. The van der Waals surface area contributed by atoms with Gasteiger partial charge in [0.2, 0.25) is 6.41 Å². The number of benzene rings is 2. The molecule has 47 heavy (non-hydrogen) atoms. The molecule has 1 fully saturated rings. The molecule has 2 aliphatic rings. The van der Waals surface area contributed by atoms with E-state index < -0.39 is 5.66 Å². The molecule has 8 N–H and O–H groups in total. The van der Waals surface area contributed by atoms with Crippen LogP contribution >= 0.6 is 0 Å². The largest absolute Gasteiger partial charge is 0.386 e. The van der Waals surface area contributed by atoms with E-state index in [4.69, 9.17) is 16.1 Å². The van der Waals surface area contributed by atoms with Gasteiger partial charge in [0, 0.05) is 5.56 Å². The maximum absolute atomic E-state index is 14.4. The zero-order valence-electron chi connectivity index (χ0n) is 29.5. The van der Waals surface area contributed by atoms with Gasteiger partial charge < -0.3 is 16.0 Å². The molecule has 9 nitrogen and oxygen atoms in total. The highest BCUT2D eigenvalue weighted by Gasteiger charge is 2.52. The monoisotopic (exact) mass is 651 g/mol. The van der Waals surface area contributed by atoms with Crippen molar-refractivity contribution in [3.8, 4) is 0 Å². The van der Waals surface area contributed by atoms with Crippen molar-refractivity contribution < 1.29 is 14.0 Å². The third-order valence-corrected chi connectivity index (χ3v) is 10.2. The van der Waals surface area contributed by atoms with E-state index in [1.54, 1.807) is 19.1 Å². The van der Waals surface area contributed by atoms with E-state index >= 15 is 0 Å². The van der Waals surface area contributed by atoms with Crippen LogP contribution in [0.15, 0.2) is 47.5 Å². The van der Waals surface area contributed by atoms with Crippen LogP contribution in [0.4, 0.5) is 4.39 Å². The zero-order chi connectivity index (χ0) is 35.4. The number of nitrogens with one attached hydrogen (secondary N) is 2. The Morgan fingerprint density at radius 2 is 1.74 bits per heavy atom. The van der Waals surface area contributed by atoms with Crippen LogP contribution in [0.3, 0.4) is 0 Å². The number of nitrogens with zero attached hydrogens (tertiary/aromatic N) is 2. The van der Waals surface area contributed by atoms with Crippen LogP contribution in [-0.4, -0.2) is 41.0 Å². The van der Waals surface area contributed by atoms with Crippen molar-refractivity contribution in [2.75, 3.05) is 6.54 Å². The van der Waals surface area contributed by atoms with Gasteiger partial charge in [-0.25, -0.2) is 4.39 Å². The Balaban J connectivity index is 0.000000756. The first-order valence-corrected chi connectivity index (χ1v) is 16.9. The molecule has 260 valence electrons. The lowest BCUT2D eigenvalue weighted by Gasteiger charge is -2.48. The van der Waals surface area contributed by atoms with Crippen molar-refractivity contribution in [3.05, 3.63) is 70.5 Å². The quantitative estimate of drug-likeness (QED) is 0.0584. The minimum absolute atomic E-state index is 0.000985. The Labute approximate surface area is 281 Å². The molecule has 1 saturated carbocycles. The maximum atomic E-state index is 14.4. The molecule has 2 unspecified atom stereocenters. The Kier molecular flexibility index (Phi) is 15.2. The van der Waals surface area contributed by atoms with Crippen molar-refractivity contribution in [1.29, 1.82) is 5.41 Å². The molecule has 10 heteroatoms. The zero-order valence-corrected chi connectivity index (χ0v) is 29.5. The Morgan fingerprint density at radius 1 is 1.13 bits per heavy atom. The third-order valence-electron chi connectivity index (χ3n) is 10.2. The van der Waals surface area contributed by atoms with Crippen LogP contribution in [0.25, 0.3) is 0 Å². The number of carbonyl (C=O) groups is 2. The molecular formula is C37H58FN7O2. The van der Waals surface area contributed by atoms with Crippen LogP contribution in [0.5, 0.6) is 0 Å². The lowest BCUT2D eigenvalue weighted by atomic mass is 9.67. The summed E-state index contributed by atoms with van der Waals surface area (Å²) in [4.78, 5) is 31.3. The van der Waals surface area contributed by atoms with Gasteiger partial charge in [-0.15, -0.1) is 0 Å². The van der Waals surface area contributed by atoms with Gasteiger partial charge in [0.05, 0.1) is 12.6 Å². The van der Waals surface area contributed by atoms with E-state index in [1.165, 1.54) is 17.2 Å². The predicted octanol–water partition coefficient (Wildman–Crippen LogP) is 6.45. The molecule has 2 aromatic rings. The first kappa shape index (κ1) is 39.5. The molecule has 0 saturated heterocycles. The molecule has 1 heterocycles. The van der Waals surface area contributed by atoms with Gasteiger partial charge in [-0.2, -0.15) is 0 Å². The van der Waals surface area contributed by atoms with E-state index in [1.807, 2.05) is 0 Å². The average molecular weight is 652 g/mol. The van der Waals surface area contributed by atoms with Gasteiger partial charge in [0.1, 0.15) is 23.0 Å². The van der Waals surface area contributed by atoms with Gasteiger partial charge in [0.25, 0.3) is 5.91 Å². The molecular weight excluding hydrogens is 593 g/mol. The van der Waals surface area contributed by atoms with Crippen LogP contribution in [0.2, 0.25) is 0 Å². The maximum Gasteiger partial charge on any atom is 0.275 e. The number of carbonyl (C=O) groups excluding carboxylic acids is 2. The van der Waals surface area contributed by atoms with Crippen LogP contribution in [0.1, 0.15) is 114 Å². The molecule has 2 atom stereocenters. The number of hydrogen-bond donors (Lipinski definition) is 5. The van der Waals surface area contributed by atoms with E-state index in [2.05, 4.69) is 87.7 Å². The smallest absolute Gasteiger partial charge is 0.275 e. The van der Waals surface area contributed by atoms with Crippen LogP contribution in [-0.2, 0) is 9.59 Å². The fraction of sp³-hybridized carbons (Fsp3) is 0.568. The van der Waals surface area contributed by atoms with Crippen molar-refractivity contribution >= 4 is 23.9 Å². The van der Waals surface area contributed by atoms with Gasteiger partial charge in [-0.05, 0) is 98.9 Å². The van der Waals surface area contributed by atoms with Crippen molar-refractivity contribution in [1.82, 2.24) is 10.2 Å². The number of amidine groups is 1. The number of nitrogens with two attached hydrogens (primary N) is 3. The first-order chi connectivity index (χ1) is 22.3. The fourth-order valence-corrected chi connectivity index (χ4v) is 6.56. The molecule has 0 aromatic heterocycles. The molecule has 4 rings (SSSR count). The van der Waals surface area contributed by atoms with Crippen molar-refractivity contribution in [2.24, 2.45) is 39.7 Å². The summed E-state index contributed by atoms with van der Waals surface area (Å²) in [6.07, 6.45) is 8.64. The second-order valence-electron chi connectivity index (χ2n) is 13.7. The number of halogens is 1. The molecule has 1 spiro atoms. The van der Waals surface area contributed by atoms with Gasteiger partial charge in [-0.3, -0.25) is 31.7 Å². The number of aliphatic imine (C=N–C) groups is 1. The fourth-order valence-electron chi connectivity index (χ4n) is 6.56. The molecule has 0 bridgehead atoms. The van der Waals surface area contributed by atoms with Gasteiger partial charge >= 0.3 is 0 Å². The molecule has 2 amide bonds. The summed E-state index contributed by atoms with van der Waals surface area (Å²) in [5.74, 6) is 8.93. The average Bonchev–Trinajstić information content (AvgIpc) is 3.34. The van der Waals surface area contributed by atoms with Crippen molar-refractivity contribution in [3.63, 3.8) is 0 Å². The predicted molar refractivity (Wildman–Crippen MR) is 190 cm³/mol. The number of hydrogen-bond acceptors (Lipinski definition) is 6. The number of aryl methyl sites for hydroxylation is 2. The Hall–Kier alpha value is -3.63. The van der Waals surface area contributed by atoms with E-state index in [0.29, 0.717) is 29.5 Å². The summed E-state index contributed by atoms with van der Waals surface area (Å²) < 4.78 is 14.2. The van der Waals surface area contributed by atoms with E-state index in [-0.39, 0.29) is 35.6 Å². The van der Waals surface area contributed by atoms with Crippen LogP contribution < -0.4 is 22.7 Å². The second kappa shape index (κ2) is 18.1. The topological polar surface area (TPSA) is 164 Å². The first-order valence-electron chi connectivity index (χ1n) is 16.9. The molecule has 1 aliphatic heterocycles. The van der Waals surface area contributed by atoms with Crippen molar-refractivity contribution in [2.45, 2.75) is 112 Å². The highest BCUT2D eigenvalue weighted by molar-refractivity contribution is 6.46. The summed E-state index contributed by atoms with van der Waals surface area (Å²) in [5, 5.41) is 8.77. The highest BCUT2D eigenvalue weighted by atomic mass is 19.1. The molecule has 0 radical (unpaired) electrons.